The Morgan fingerprint density at radius 1 is 1.67 bits per heavy atom. The first-order valence-electron chi connectivity index (χ1n) is 4.37. The normalized spacial score (nSPS) is 27.3. The lowest BCUT2D eigenvalue weighted by Gasteiger charge is -2.34. The van der Waals surface area contributed by atoms with Gasteiger partial charge in [0.15, 0.2) is 0 Å². The van der Waals surface area contributed by atoms with Crippen LogP contribution in [0.15, 0.2) is 0 Å². The van der Waals surface area contributed by atoms with Crippen molar-refractivity contribution in [2.24, 2.45) is 5.92 Å². The van der Waals surface area contributed by atoms with E-state index in [4.69, 9.17) is 11.2 Å². The van der Waals surface area contributed by atoms with E-state index in [1.165, 1.54) is 0 Å². The molecule has 0 atom stereocenters. The predicted octanol–water partition coefficient (Wildman–Crippen LogP) is 1.39. The second-order valence-electron chi connectivity index (χ2n) is 3.19. The monoisotopic (exact) mass is 166 g/mol. The molecule has 0 radical (unpaired) electrons. The fourth-order valence-electron chi connectivity index (χ4n) is 1.53. The van der Waals surface area contributed by atoms with E-state index in [2.05, 4.69) is 5.92 Å². The minimum Gasteiger partial charge on any atom is -0.378 e. The number of terminal acetylenes is 1. The lowest BCUT2D eigenvalue weighted by molar-refractivity contribution is -0.116. The third-order valence-corrected chi connectivity index (χ3v) is 2.23. The van der Waals surface area contributed by atoms with E-state index in [0.29, 0.717) is 18.4 Å². The fraction of sp³-hybridized carbons (Fsp3) is 0.700. The number of ketones is 1. The molecule has 1 fully saturated rings. The molecule has 2 nitrogen and oxygen atoms in total. The van der Waals surface area contributed by atoms with Crippen LogP contribution in [0.25, 0.3) is 0 Å². The van der Waals surface area contributed by atoms with Gasteiger partial charge in [0.1, 0.15) is 0 Å². The van der Waals surface area contributed by atoms with E-state index in [0.717, 1.165) is 19.4 Å². The van der Waals surface area contributed by atoms with E-state index >= 15 is 0 Å². The molecule has 0 aromatic heterocycles. The second kappa shape index (κ2) is 4.27. The maximum Gasteiger partial charge on any atom is 0.205 e. The first-order valence-corrected chi connectivity index (χ1v) is 4.37. The Morgan fingerprint density at radius 2 is 2.33 bits per heavy atom. The maximum absolute atomic E-state index is 10.8. The molecule has 1 aliphatic carbocycles. The molecular formula is C10H14O2. The first kappa shape index (κ1) is 9.28. The quantitative estimate of drug-likeness (QED) is 0.466. The summed E-state index contributed by atoms with van der Waals surface area (Å²) in [6.45, 7) is 2.75. The molecule has 1 saturated carbocycles. The van der Waals surface area contributed by atoms with Gasteiger partial charge in [-0.3, -0.25) is 4.79 Å². The van der Waals surface area contributed by atoms with Crippen LogP contribution in [0.2, 0.25) is 0 Å². The third-order valence-electron chi connectivity index (χ3n) is 2.23. The highest BCUT2D eigenvalue weighted by atomic mass is 16.5. The van der Waals surface area contributed by atoms with Gasteiger partial charge in [-0.25, -0.2) is 0 Å². The number of carbonyl (C=O) groups is 1. The topological polar surface area (TPSA) is 26.3 Å². The van der Waals surface area contributed by atoms with Crippen LogP contribution in [0.4, 0.5) is 0 Å². The highest BCUT2D eigenvalue weighted by Crippen LogP contribution is 2.32. The minimum absolute atomic E-state index is 0.0741. The van der Waals surface area contributed by atoms with Crippen LogP contribution >= 0.6 is 0 Å². The van der Waals surface area contributed by atoms with Crippen molar-refractivity contribution in [3.05, 3.63) is 0 Å². The summed E-state index contributed by atoms with van der Waals surface area (Å²) in [5, 5.41) is 0. The first-order chi connectivity index (χ1) is 5.76. The van der Waals surface area contributed by atoms with Crippen molar-refractivity contribution in [2.75, 3.05) is 6.61 Å². The molecule has 0 saturated heterocycles. The molecule has 1 rings (SSSR count). The molecular weight excluding hydrogens is 152 g/mol. The van der Waals surface area contributed by atoms with Crippen molar-refractivity contribution >= 4 is 5.78 Å². The van der Waals surface area contributed by atoms with Crippen molar-refractivity contribution in [1.82, 2.24) is 0 Å². The average Bonchev–Trinajstić information content (AvgIpc) is 2.00. The summed E-state index contributed by atoms with van der Waals surface area (Å²) in [4.78, 5) is 10.8. The highest BCUT2D eigenvalue weighted by molar-refractivity contribution is 5.95. The molecule has 0 aromatic carbocycles. The molecule has 0 bridgehead atoms. The fourth-order valence-corrected chi connectivity index (χ4v) is 1.53. The van der Waals surface area contributed by atoms with E-state index < -0.39 is 0 Å². The SMILES string of the molecule is C#CC(=O)CC1CC(OCC)C1. The van der Waals surface area contributed by atoms with E-state index in [1.807, 2.05) is 6.92 Å². The molecule has 0 heterocycles. The van der Waals surface area contributed by atoms with Gasteiger partial charge in [-0.05, 0) is 31.6 Å². The van der Waals surface area contributed by atoms with Gasteiger partial charge in [-0.2, -0.15) is 0 Å². The van der Waals surface area contributed by atoms with Crippen molar-refractivity contribution < 1.29 is 9.53 Å². The maximum atomic E-state index is 10.8. The molecule has 0 spiro atoms. The molecule has 0 N–H and O–H groups in total. The summed E-state index contributed by atoms with van der Waals surface area (Å²) in [6.07, 6.45) is 7.89. The van der Waals surface area contributed by atoms with Crippen LogP contribution in [0, 0.1) is 18.3 Å². The van der Waals surface area contributed by atoms with E-state index in [9.17, 15) is 4.79 Å². The Bertz CT molecular complexity index is 196. The smallest absolute Gasteiger partial charge is 0.205 e. The van der Waals surface area contributed by atoms with Crippen LogP contribution in [-0.2, 0) is 9.53 Å². The van der Waals surface area contributed by atoms with Crippen molar-refractivity contribution in [3.63, 3.8) is 0 Å². The van der Waals surface area contributed by atoms with Crippen molar-refractivity contribution in [1.29, 1.82) is 0 Å². The van der Waals surface area contributed by atoms with Gasteiger partial charge in [0, 0.05) is 13.0 Å². The molecule has 66 valence electrons. The zero-order valence-corrected chi connectivity index (χ0v) is 7.38. The summed E-state index contributed by atoms with van der Waals surface area (Å²) in [7, 11) is 0. The lowest BCUT2D eigenvalue weighted by atomic mass is 9.79. The van der Waals surface area contributed by atoms with Gasteiger partial charge < -0.3 is 4.74 Å². The summed E-state index contributed by atoms with van der Waals surface area (Å²) in [5.74, 6) is 2.53. The highest BCUT2D eigenvalue weighted by Gasteiger charge is 2.30. The Hall–Kier alpha value is -0.810. The minimum atomic E-state index is -0.0741. The lowest BCUT2D eigenvalue weighted by Crippen LogP contribution is -2.32. The largest absolute Gasteiger partial charge is 0.378 e. The van der Waals surface area contributed by atoms with Gasteiger partial charge in [0.2, 0.25) is 5.78 Å². The predicted molar refractivity (Wildman–Crippen MR) is 46.6 cm³/mol. The zero-order valence-electron chi connectivity index (χ0n) is 7.38. The van der Waals surface area contributed by atoms with Gasteiger partial charge in [-0.15, -0.1) is 6.42 Å². The van der Waals surface area contributed by atoms with Crippen LogP contribution in [0.1, 0.15) is 26.2 Å². The summed E-state index contributed by atoms with van der Waals surface area (Å²) in [5.41, 5.74) is 0. The number of rotatable bonds is 4. The summed E-state index contributed by atoms with van der Waals surface area (Å²) >= 11 is 0. The summed E-state index contributed by atoms with van der Waals surface area (Å²) in [6, 6.07) is 0. The number of carbonyl (C=O) groups excluding carboxylic acids is 1. The number of ether oxygens (including phenoxy) is 1. The number of Topliss-reactive ketones (excluding diaryl/α,β-unsaturated/α-hetero) is 1. The van der Waals surface area contributed by atoms with Gasteiger partial charge in [0.05, 0.1) is 6.10 Å². The van der Waals surface area contributed by atoms with Crippen LogP contribution in [0.5, 0.6) is 0 Å². The molecule has 12 heavy (non-hydrogen) atoms. The molecule has 0 unspecified atom stereocenters. The van der Waals surface area contributed by atoms with E-state index in [1.54, 1.807) is 0 Å². The second-order valence-corrected chi connectivity index (χ2v) is 3.19. The molecule has 2 heteroatoms. The van der Waals surface area contributed by atoms with Gasteiger partial charge in [0.25, 0.3) is 0 Å². The Balaban J connectivity index is 2.10. The van der Waals surface area contributed by atoms with Crippen molar-refractivity contribution in [3.8, 4) is 12.3 Å². The molecule has 1 aliphatic rings. The third kappa shape index (κ3) is 2.35. The average molecular weight is 166 g/mol. The molecule has 0 aliphatic heterocycles. The summed E-state index contributed by atoms with van der Waals surface area (Å²) < 4.78 is 5.36. The Kier molecular flexibility index (Phi) is 3.31. The standard InChI is InChI=1S/C10H14O2/c1-3-9(11)5-8-6-10(7-8)12-4-2/h1,8,10H,4-7H2,2H3. The van der Waals surface area contributed by atoms with Gasteiger partial charge in [-0.1, -0.05) is 0 Å². The Morgan fingerprint density at radius 3 is 2.83 bits per heavy atom. The van der Waals surface area contributed by atoms with Gasteiger partial charge >= 0.3 is 0 Å². The molecule has 0 amide bonds. The van der Waals surface area contributed by atoms with Crippen LogP contribution < -0.4 is 0 Å². The Labute approximate surface area is 73.3 Å². The van der Waals surface area contributed by atoms with E-state index in [-0.39, 0.29) is 5.78 Å². The van der Waals surface area contributed by atoms with Crippen LogP contribution in [-0.4, -0.2) is 18.5 Å². The number of hydrogen-bond donors (Lipinski definition) is 0. The zero-order chi connectivity index (χ0) is 8.97. The molecule has 0 aromatic rings. The van der Waals surface area contributed by atoms with Crippen LogP contribution in [0.3, 0.4) is 0 Å². The number of hydrogen-bond acceptors (Lipinski definition) is 2. The van der Waals surface area contributed by atoms with Crippen molar-refractivity contribution in [2.45, 2.75) is 32.3 Å².